The number of carbonyl (C=O) groups is 1. The largest absolute Gasteiger partial charge is 0.372 e. The predicted molar refractivity (Wildman–Crippen MR) is 138 cm³/mol. The van der Waals surface area contributed by atoms with Gasteiger partial charge in [0.1, 0.15) is 5.82 Å². The molecular weight excluding hydrogens is 428 g/mol. The molecule has 2 fully saturated rings. The number of fused-ring (bicyclic) bond motifs is 1. The number of piperidine rings is 2. The van der Waals surface area contributed by atoms with Gasteiger partial charge in [-0.3, -0.25) is 4.79 Å². The molecule has 1 aromatic carbocycles. The van der Waals surface area contributed by atoms with Crippen molar-refractivity contribution >= 4 is 38.8 Å². The first-order valence-corrected chi connectivity index (χ1v) is 13.1. The SMILES string of the molecule is Cc1cc2c(N3CCCC(C(=O)NCc4ccc(N5CCC(C)CC5)cc4)C3)nccc2s1. The van der Waals surface area contributed by atoms with Crippen molar-refractivity contribution in [2.24, 2.45) is 11.8 Å². The number of hydrogen-bond acceptors (Lipinski definition) is 5. The molecule has 3 aromatic rings. The number of hydrogen-bond donors (Lipinski definition) is 1. The maximum atomic E-state index is 13.0. The van der Waals surface area contributed by atoms with Crippen molar-refractivity contribution in [3.63, 3.8) is 0 Å². The number of thiophene rings is 1. The third-order valence-electron chi connectivity index (χ3n) is 7.19. The molecule has 1 atom stereocenters. The minimum atomic E-state index is 0.00477. The summed E-state index contributed by atoms with van der Waals surface area (Å²) in [5.41, 5.74) is 2.45. The number of nitrogens with one attached hydrogen (secondary N) is 1. The average molecular weight is 463 g/mol. The molecule has 4 heterocycles. The fraction of sp³-hybridized carbons (Fsp3) is 0.481. The van der Waals surface area contributed by atoms with Gasteiger partial charge >= 0.3 is 0 Å². The Morgan fingerprint density at radius 1 is 1.09 bits per heavy atom. The van der Waals surface area contributed by atoms with E-state index in [0.29, 0.717) is 6.54 Å². The van der Waals surface area contributed by atoms with E-state index in [9.17, 15) is 4.79 Å². The van der Waals surface area contributed by atoms with E-state index >= 15 is 0 Å². The molecule has 2 aliphatic heterocycles. The summed E-state index contributed by atoms with van der Waals surface area (Å²) in [6.07, 6.45) is 6.39. The lowest BCUT2D eigenvalue weighted by Crippen LogP contribution is -2.43. The highest BCUT2D eigenvalue weighted by molar-refractivity contribution is 7.19. The molecule has 0 bridgehead atoms. The van der Waals surface area contributed by atoms with Crippen molar-refractivity contribution in [2.45, 2.75) is 46.1 Å². The van der Waals surface area contributed by atoms with E-state index in [1.807, 2.05) is 6.20 Å². The fourth-order valence-electron chi connectivity index (χ4n) is 5.14. The van der Waals surface area contributed by atoms with Crippen molar-refractivity contribution in [3.8, 4) is 0 Å². The third-order valence-corrected chi connectivity index (χ3v) is 8.21. The van der Waals surface area contributed by atoms with E-state index in [0.717, 1.165) is 56.3 Å². The summed E-state index contributed by atoms with van der Waals surface area (Å²) in [7, 11) is 0. The maximum absolute atomic E-state index is 13.0. The van der Waals surface area contributed by atoms with Gasteiger partial charge in [0.15, 0.2) is 0 Å². The third kappa shape index (κ3) is 5.01. The Kier molecular flexibility index (Phi) is 6.54. The Morgan fingerprint density at radius 2 is 1.88 bits per heavy atom. The fourth-order valence-corrected chi connectivity index (χ4v) is 6.05. The molecule has 2 saturated heterocycles. The molecule has 1 N–H and O–H groups in total. The van der Waals surface area contributed by atoms with Crippen molar-refractivity contribution in [3.05, 3.63) is 53.0 Å². The number of aryl methyl sites for hydroxylation is 1. The van der Waals surface area contributed by atoms with Crippen LogP contribution in [0.5, 0.6) is 0 Å². The molecular formula is C27H34N4OS. The number of amides is 1. The van der Waals surface area contributed by atoms with Gasteiger partial charge in [0, 0.05) is 59.6 Å². The zero-order valence-corrected chi connectivity index (χ0v) is 20.5. The second-order valence-electron chi connectivity index (χ2n) is 9.74. The predicted octanol–water partition coefficient (Wildman–Crippen LogP) is 5.37. The van der Waals surface area contributed by atoms with Gasteiger partial charge in [-0.05, 0) is 68.4 Å². The van der Waals surface area contributed by atoms with Crippen LogP contribution in [0.4, 0.5) is 11.5 Å². The lowest BCUT2D eigenvalue weighted by atomic mass is 9.96. The van der Waals surface area contributed by atoms with Crippen molar-refractivity contribution in [2.75, 3.05) is 36.0 Å². The summed E-state index contributed by atoms with van der Waals surface area (Å²) in [4.78, 5) is 23.8. The quantitative estimate of drug-likeness (QED) is 0.553. The highest BCUT2D eigenvalue weighted by Gasteiger charge is 2.27. The van der Waals surface area contributed by atoms with Crippen LogP contribution in [-0.2, 0) is 11.3 Å². The lowest BCUT2D eigenvalue weighted by Gasteiger charge is -2.33. The van der Waals surface area contributed by atoms with Gasteiger partial charge in [0.05, 0.1) is 5.92 Å². The van der Waals surface area contributed by atoms with Crippen molar-refractivity contribution in [1.29, 1.82) is 0 Å². The van der Waals surface area contributed by atoms with Crippen LogP contribution in [0.15, 0.2) is 42.6 Å². The summed E-state index contributed by atoms with van der Waals surface area (Å²) >= 11 is 1.80. The lowest BCUT2D eigenvalue weighted by molar-refractivity contribution is -0.125. The number of carbonyl (C=O) groups excluding carboxylic acids is 1. The Labute approximate surface area is 200 Å². The Hall–Kier alpha value is -2.60. The van der Waals surface area contributed by atoms with Crippen LogP contribution < -0.4 is 15.1 Å². The standard InChI is InChI=1S/C27H34N4OS/c1-19-10-14-30(15-11-19)23-7-5-21(6-8-23)17-29-27(32)22-4-3-13-31(18-22)26-24-16-20(2)33-25(24)9-12-28-26/h5-9,12,16,19,22H,3-4,10-11,13-15,17-18H2,1-2H3,(H,29,32). The van der Waals surface area contributed by atoms with Gasteiger partial charge in [-0.2, -0.15) is 0 Å². The van der Waals surface area contributed by atoms with E-state index < -0.39 is 0 Å². The van der Waals surface area contributed by atoms with Crippen LogP contribution in [0.2, 0.25) is 0 Å². The molecule has 5 rings (SSSR count). The van der Waals surface area contributed by atoms with Crippen LogP contribution in [-0.4, -0.2) is 37.1 Å². The van der Waals surface area contributed by atoms with Gasteiger partial charge in [-0.15, -0.1) is 11.3 Å². The minimum Gasteiger partial charge on any atom is -0.372 e. The first-order valence-electron chi connectivity index (χ1n) is 12.3. The molecule has 6 heteroatoms. The van der Waals surface area contributed by atoms with E-state index in [1.165, 1.54) is 33.5 Å². The molecule has 0 spiro atoms. The number of pyridine rings is 1. The molecule has 0 aliphatic carbocycles. The first kappa shape index (κ1) is 22.2. The average Bonchev–Trinajstić information content (AvgIpc) is 3.24. The number of nitrogens with zero attached hydrogens (tertiary/aromatic N) is 3. The number of aromatic nitrogens is 1. The van der Waals surface area contributed by atoms with Gasteiger partial charge in [0.25, 0.3) is 0 Å². The number of benzene rings is 1. The molecule has 5 nitrogen and oxygen atoms in total. The molecule has 2 aliphatic rings. The second kappa shape index (κ2) is 9.72. The van der Waals surface area contributed by atoms with Crippen LogP contribution in [0.3, 0.4) is 0 Å². The highest BCUT2D eigenvalue weighted by atomic mass is 32.1. The van der Waals surface area contributed by atoms with Crippen molar-refractivity contribution < 1.29 is 4.79 Å². The normalized spacial score (nSPS) is 19.8. The Balaban J connectivity index is 1.18. The monoisotopic (exact) mass is 462 g/mol. The number of anilines is 2. The van der Waals surface area contributed by atoms with Crippen LogP contribution >= 0.6 is 11.3 Å². The van der Waals surface area contributed by atoms with E-state index in [4.69, 9.17) is 0 Å². The van der Waals surface area contributed by atoms with E-state index in [2.05, 4.69) is 70.3 Å². The first-order chi connectivity index (χ1) is 16.1. The van der Waals surface area contributed by atoms with E-state index in [-0.39, 0.29) is 11.8 Å². The van der Waals surface area contributed by atoms with Crippen LogP contribution in [0, 0.1) is 18.8 Å². The van der Waals surface area contributed by atoms with Crippen LogP contribution in [0.25, 0.3) is 10.1 Å². The molecule has 0 saturated carbocycles. The summed E-state index contributed by atoms with van der Waals surface area (Å²) in [5, 5.41) is 4.40. The van der Waals surface area contributed by atoms with E-state index in [1.54, 1.807) is 11.3 Å². The van der Waals surface area contributed by atoms with Crippen molar-refractivity contribution in [1.82, 2.24) is 10.3 Å². The molecule has 2 aromatic heterocycles. The maximum Gasteiger partial charge on any atom is 0.225 e. The number of rotatable bonds is 5. The Morgan fingerprint density at radius 3 is 2.67 bits per heavy atom. The minimum absolute atomic E-state index is 0.00477. The zero-order valence-electron chi connectivity index (χ0n) is 19.7. The second-order valence-corrected chi connectivity index (χ2v) is 11.0. The molecule has 0 radical (unpaired) electrons. The molecule has 174 valence electrons. The highest BCUT2D eigenvalue weighted by Crippen LogP contribution is 2.33. The summed E-state index contributed by atoms with van der Waals surface area (Å²) in [5.74, 6) is 2.02. The summed E-state index contributed by atoms with van der Waals surface area (Å²) in [6.45, 7) is 9.05. The van der Waals surface area contributed by atoms with Gasteiger partial charge in [-0.25, -0.2) is 4.98 Å². The molecule has 1 unspecified atom stereocenters. The smallest absolute Gasteiger partial charge is 0.225 e. The zero-order chi connectivity index (χ0) is 22.8. The Bertz CT molecular complexity index is 1100. The van der Waals surface area contributed by atoms with Gasteiger partial charge < -0.3 is 15.1 Å². The van der Waals surface area contributed by atoms with Gasteiger partial charge in [0.2, 0.25) is 5.91 Å². The molecule has 1 amide bonds. The molecule has 33 heavy (non-hydrogen) atoms. The summed E-state index contributed by atoms with van der Waals surface area (Å²) < 4.78 is 1.27. The van der Waals surface area contributed by atoms with Crippen LogP contribution in [0.1, 0.15) is 43.0 Å². The topological polar surface area (TPSA) is 48.5 Å². The summed E-state index contributed by atoms with van der Waals surface area (Å²) in [6, 6.07) is 13.0. The van der Waals surface area contributed by atoms with Gasteiger partial charge in [-0.1, -0.05) is 19.1 Å².